The molecule has 0 nitrogen and oxygen atoms in total. The molecule has 1 fully saturated rings. The summed E-state index contributed by atoms with van der Waals surface area (Å²) in [7, 11) is 0. The van der Waals surface area contributed by atoms with Crippen LogP contribution in [0.2, 0.25) is 0 Å². The van der Waals surface area contributed by atoms with E-state index < -0.39 is 0 Å². The molecule has 0 aromatic carbocycles. The van der Waals surface area contributed by atoms with Crippen molar-refractivity contribution in [3.05, 3.63) is 23.8 Å². The third kappa shape index (κ3) is 1.80. The van der Waals surface area contributed by atoms with E-state index in [4.69, 9.17) is 0 Å². The molecule has 0 N–H and O–H groups in total. The van der Waals surface area contributed by atoms with Crippen LogP contribution in [-0.2, 0) is 0 Å². The molecule has 2 aliphatic rings. The first-order valence-corrected chi connectivity index (χ1v) is 5.23. The highest BCUT2D eigenvalue weighted by Gasteiger charge is 2.27. The molecule has 0 amide bonds. The van der Waals surface area contributed by atoms with Crippen LogP contribution in [0.4, 0.5) is 0 Å². The highest BCUT2D eigenvalue weighted by Crippen LogP contribution is 2.40. The summed E-state index contributed by atoms with van der Waals surface area (Å²) < 4.78 is 0. The topological polar surface area (TPSA) is 0 Å². The van der Waals surface area contributed by atoms with Gasteiger partial charge in [0.25, 0.3) is 0 Å². The van der Waals surface area contributed by atoms with Gasteiger partial charge in [0.2, 0.25) is 0 Å². The minimum atomic E-state index is 0.907. The third-order valence-electron chi connectivity index (χ3n) is 2.89. The largest absolute Gasteiger partial charge is 0.0839 e. The van der Waals surface area contributed by atoms with Crippen molar-refractivity contribution in [3.8, 4) is 0 Å². The second-order valence-electron chi connectivity index (χ2n) is 3.53. The summed E-state index contributed by atoms with van der Waals surface area (Å²) in [6.07, 6.45) is 10.9. The van der Waals surface area contributed by atoms with Crippen LogP contribution in [0.1, 0.15) is 40.0 Å². The maximum Gasteiger partial charge on any atom is -0.0140 e. The minimum Gasteiger partial charge on any atom is -0.0839 e. The zero-order chi connectivity index (χ0) is 8.97. The van der Waals surface area contributed by atoms with E-state index in [0.717, 1.165) is 11.8 Å². The molecule has 2 rings (SSSR count). The SMILES string of the molecule is CC.CC1CCC2=CC=CCC21. The van der Waals surface area contributed by atoms with Crippen LogP contribution in [0.5, 0.6) is 0 Å². The van der Waals surface area contributed by atoms with Crippen LogP contribution >= 0.6 is 0 Å². The summed E-state index contributed by atoms with van der Waals surface area (Å²) in [6, 6.07) is 0. The number of allylic oxidation sites excluding steroid dienone is 4. The molecule has 0 aliphatic heterocycles. The zero-order valence-electron chi connectivity index (χ0n) is 8.51. The molecule has 2 unspecified atom stereocenters. The maximum absolute atomic E-state index is 2.38. The Hall–Kier alpha value is -0.520. The second kappa shape index (κ2) is 4.49. The number of fused-ring (bicyclic) bond motifs is 1. The molecular formula is C12H20. The summed E-state index contributed by atoms with van der Waals surface area (Å²) in [4.78, 5) is 0. The molecule has 0 bridgehead atoms. The Balaban J connectivity index is 0.000000336. The standard InChI is InChI=1S/C10H14.C2H6/c1-8-6-7-9-4-2-3-5-10(8)9;1-2/h2-4,8,10H,5-7H2,1H3;1-2H3. The third-order valence-corrected chi connectivity index (χ3v) is 2.89. The van der Waals surface area contributed by atoms with E-state index in [1.54, 1.807) is 5.57 Å². The van der Waals surface area contributed by atoms with E-state index in [9.17, 15) is 0 Å². The van der Waals surface area contributed by atoms with Gasteiger partial charge in [-0.3, -0.25) is 0 Å². The predicted octanol–water partition coefficient (Wildman–Crippen LogP) is 3.95. The molecule has 0 aromatic heterocycles. The Morgan fingerprint density at radius 2 is 2.08 bits per heavy atom. The van der Waals surface area contributed by atoms with Crippen LogP contribution in [0.15, 0.2) is 23.8 Å². The van der Waals surface area contributed by atoms with Gasteiger partial charge in [0.1, 0.15) is 0 Å². The first-order chi connectivity index (χ1) is 5.88. The molecule has 0 heteroatoms. The fraction of sp³-hybridized carbons (Fsp3) is 0.667. The summed E-state index contributed by atoms with van der Waals surface area (Å²) in [6.45, 7) is 6.38. The van der Waals surface area contributed by atoms with E-state index in [0.29, 0.717) is 0 Å². The predicted molar refractivity (Wildman–Crippen MR) is 55.1 cm³/mol. The lowest BCUT2D eigenvalue weighted by Crippen LogP contribution is -2.05. The average Bonchev–Trinajstić information content (AvgIpc) is 2.53. The monoisotopic (exact) mass is 164 g/mol. The van der Waals surface area contributed by atoms with Crippen molar-refractivity contribution in [2.24, 2.45) is 11.8 Å². The molecule has 1 saturated carbocycles. The number of rotatable bonds is 0. The average molecular weight is 164 g/mol. The molecule has 12 heavy (non-hydrogen) atoms. The van der Waals surface area contributed by atoms with Crippen molar-refractivity contribution in [2.75, 3.05) is 0 Å². The van der Waals surface area contributed by atoms with Crippen molar-refractivity contribution < 1.29 is 0 Å². The van der Waals surface area contributed by atoms with Crippen LogP contribution in [0.25, 0.3) is 0 Å². The lowest BCUT2D eigenvalue weighted by molar-refractivity contribution is 0.461. The van der Waals surface area contributed by atoms with Crippen molar-refractivity contribution in [1.29, 1.82) is 0 Å². The molecular weight excluding hydrogens is 144 g/mol. The normalized spacial score (nSPS) is 31.8. The van der Waals surface area contributed by atoms with Crippen molar-refractivity contribution in [3.63, 3.8) is 0 Å². The van der Waals surface area contributed by atoms with Gasteiger partial charge in [-0.05, 0) is 31.1 Å². The highest BCUT2D eigenvalue weighted by molar-refractivity contribution is 5.24. The Bertz CT molecular complexity index is 186. The Labute approximate surface area is 76.4 Å². The van der Waals surface area contributed by atoms with Gasteiger partial charge in [0.05, 0.1) is 0 Å². The summed E-state index contributed by atoms with van der Waals surface area (Å²) >= 11 is 0. The quantitative estimate of drug-likeness (QED) is 0.508. The van der Waals surface area contributed by atoms with Crippen LogP contribution in [-0.4, -0.2) is 0 Å². The smallest absolute Gasteiger partial charge is 0.0140 e. The van der Waals surface area contributed by atoms with Crippen molar-refractivity contribution in [2.45, 2.75) is 40.0 Å². The first-order valence-electron chi connectivity index (χ1n) is 5.23. The Kier molecular flexibility index (Phi) is 3.58. The molecule has 2 aliphatic carbocycles. The van der Waals surface area contributed by atoms with E-state index in [2.05, 4.69) is 25.2 Å². The summed E-state index contributed by atoms with van der Waals surface area (Å²) in [5.41, 5.74) is 1.70. The molecule has 68 valence electrons. The lowest BCUT2D eigenvalue weighted by Gasteiger charge is -2.16. The van der Waals surface area contributed by atoms with Gasteiger partial charge in [-0.1, -0.05) is 44.6 Å². The van der Waals surface area contributed by atoms with E-state index in [-0.39, 0.29) is 0 Å². The van der Waals surface area contributed by atoms with Crippen molar-refractivity contribution in [1.82, 2.24) is 0 Å². The first kappa shape index (κ1) is 9.57. The van der Waals surface area contributed by atoms with Gasteiger partial charge in [0, 0.05) is 0 Å². The molecule has 0 heterocycles. The van der Waals surface area contributed by atoms with Crippen LogP contribution in [0.3, 0.4) is 0 Å². The van der Waals surface area contributed by atoms with Gasteiger partial charge in [0.15, 0.2) is 0 Å². The zero-order valence-corrected chi connectivity index (χ0v) is 8.51. The molecule has 0 spiro atoms. The minimum absolute atomic E-state index is 0.907. The number of hydrogen-bond acceptors (Lipinski definition) is 0. The van der Waals surface area contributed by atoms with Crippen LogP contribution in [0, 0.1) is 11.8 Å². The molecule has 2 atom stereocenters. The maximum atomic E-state index is 2.38. The fourth-order valence-electron chi connectivity index (χ4n) is 2.15. The summed E-state index contributed by atoms with van der Waals surface area (Å²) in [5, 5.41) is 0. The van der Waals surface area contributed by atoms with Gasteiger partial charge in [-0.2, -0.15) is 0 Å². The van der Waals surface area contributed by atoms with E-state index >= 15 is 0 Å². The summed E-state index contributed by atoms with van der Waals surface area (Å²) in [5.74, 6) is 1.85. The van der Waals surface area contributed by atoms with Gasteiger partial charge < -0.3 is 0 Å². The van der Waals surface area contributed by atoms with Crippen LogP contribution < -0.4 is 0 Å². The van der Waals surface area contributed by atoms with Crippen molar-refractivity contribution >= 4 is 0 Å². The molecule has 0 aromatic rings. The van der Waals surface area contributed by atoms with Gasteiger partial charge >= 0.3 is 0 Å². The highest BCUT2D eigenvalue weighted by atomic mass is 14.3. The lowest BCUT2D eigenvalue weighted by atomic mass is 9.89. The molecule has 0 radical (unpaired) electrons. The second-order valence-corrected chi connectivity index (χ2v) is 3.53. The van der Waals surface area contributed by atoms with E-state index in [1.165, 1.54) is 19.3 Å². The molecule has 0 saturated heterocycles. The van der Waals surface area contributed by atoms with E-state index in [1.807, 2.05) is 13.8 Å². The Morgan fingerprint density at radius 3 is 2.75 bits per heavy atom. The Morgan fingerprint density at radius 1 is 1.33 bits per heavy atom. The van der Waals surface area contributed by atoms with Gasteiger partial charge in [-0.15, -0.1) is 0 Å². The van der Waals surface area contributed by atoms with Gasteiger partial charge in [-0.25, -0.2) is 0 Å². The fourth-order valence-corrected chi connectivity index (χ4v) is 2.15. The number of hydrogen-bond donors (Lipinski definition) is 0.